The number of carbonyl (C=O) groups is 1. The van der Waals surface area contributed by atoms with Crippen LogP contribution >= 0.6 is 0 Å². The minimum absolute atomic E-state index is 0.0405. The molecule has 4 heteroatoms. The van der Waals surface area contributed by atoms with Crippen LogP contribution in [0.5, 0.6) is 0 Å². The van der Waals surface area contributed by atoms with Crippen molar-refractivity contribution in [2.45, 2.75) is 27.3 Å². The third kappa shape index (κ3) is 2.85. The molecule has 0 radical (unpaired) electrons. The second-order valence-electron chi connectivity index (χ2n) is 5.70. The molecule has 2 rings (SSSR count). The Morgan fingerprint density at radius 1 is 1.30 bits per heavy atom. The Bertz CT molecular complexity index is 614. The van der Waals surface area contributed by atoms with Gasteiger partial charge in [-0.25, -0.2) is 0 Å². The molecule has 0 aliphatic rings. The lowest BCUT2D eigenvalue weighted by atomic mass is 9.92. The van der Waals surface area contributed by atoms with Gasteiger partial charge in [0.25, 0.3) is 0 Å². The molecule has 1 aromatic heterocycles. The van der Waals surface area contributed by atoms with Crippen LogP contribution in [0.2, 0.25) is 0 Å². The number of rotatable bonds is 5. The number of furan rings is 1. The van der Waals surface area contributed by atoms with Gasteiger partial charge in [-0.15, -0.1) is 0 Å². The van der Waals surface area contributed by atoms with Crippen molar-refractivity contribution in [1.29, 1.82) is 0 Å². The largest absolute Gasteiger partial charge is 0.461 e. The molecule has 0 unspecified atom stereocenters. The van der Waals surface area contributed by atoms with Crippen molar-refractivity contribution in [3.63, 3.8) is 0 Å². The first-order valence-corrected chi connectivity index (χ1v) is 6.85. The van der Waals surface area contributed by atoms with E-state index in [4.69, 9.17) is 4.42 Å². The molecule has 1 amide bonds. The Labute approximate surface area is 119 Å². The highest BCUT2D eigenvalue weighted by Crippen LogP contribution is 2.25. The average molecular weight is 274 g/mol. The summed E-state index contributed by atoms with van der Waals surface area (Å²) in [5.41, 5.74) is 1.64. The molecule has 0 fully saturated rings. The maximum atomic E-state index is 11.7. The standard InChI is InChI=1S/C16H22N2O2/c1-11-13(12-7-5-6-8-14(12)20-11)9-18-10-16(2,3)15(19)17-4/h5-8,18H,9-10H2,1-4H3,(H,17,19). The molecule has 0 saturated carbocycles. The van der Waals surface area contributed by atoms with Gasteiger partial charge in [0, 0.05) is 31.1 Å². The third-order valence-electron chi connectivity index (χ3n) is 3.61. The number of para-hydroxylation sites is 1. The van der Waals surface area contributed by atoms with Gasteiger partial charge in [-0.2, -0.15) is 0 Å². The summed E-state index contributed by atoms with van der Waals surface area (Å²) in [6, 6.07) is 8.01. The van der Waals surface area contributed by atoms with E-state index in [2.05, 4.69) is 16.7 Å². The molecular weight excluding hydrogens is 252 g/mol. The smallest absolute Gasteiger partial charge is 0.226 e. The van der Waals surface area contributed by atoms with Crippen LogP contribution in [0.4, 0.5) is 0 Å². The van der Waals surface area contributed by atoms with Crippen LogP contribution in [0.3, 0.4) is 0 Å². The number of carbonyl (C=O) groups excluding carboxylic acids is 1. The summed E-state index contributed by atoms with van der Waals surface area (Å²) in [4.78, 5) is 11.7. The van der Waals surface area contributed by atoms with Gasteiger partial charge in [0.15, 0.2) is 0 Å². The summed E-state index contributed by atoms with van der Waals surface area (Å²) in [6.07, 6.45) is 0. The molecule has 0 spiro atoms. The van der Waals surface area contributed by atoms with Crippen molar-refractivity contribution in [2.75, 3.05) is 13.6 Å². The summed E-state index contributed by atoms with van der Waals surface area (Å²) >= 11 is 0. The lowest BCUT2D eigenvalue weighted by Crippen LogP contribution is -2.41. The predicted octanol–water partition coefficient (Wildman–Crippen LogP) is 2.60. The Hall–Kier alpha value is -1.81. The van der Waals surface area contributed by atoms with Crippen LogP contribution in [0.25, 0.3) is 11.0 Å². The Morgan fingerprint density at radius 3 is 2.70 bits per heavy atom. The SMILES string of the molecule is CNC(=O)C(C)(C)CNCc1c(C)oc2ccccc12. The fourth-order valence-electron chi connectivity index (χ4n) is 2.36. The van der Waals surface area contributed by atoms with E-state index in [0.717, 1.165) is 22.3 Å². The Balaban J connectivity index is 2.07. The van der Waals surface area contributed by atoms with Crippen molar-refractivity contribution >= 4 is 16.9 Å². The van der Waals surface area contributed by atoms with E-state index in [9.17, 15) is 4.79 Å². The zero-order valence-corrected chi connectivity index (χ0v) is 12.5. The van der Waals surface area contributed by atoms with E-state index >= 15 is 0 Å². The molecule has 1 aromatic carbocycles. The lowest BCUT2D eigenvalue weighted by Gasteiger charge is -2.22. The highest BCUT2D eigenvalue weighted by molar-refractivity contribution is 5.82. The molecule has 108 valence electrons. The van der Waals surface area contributed by atoms with Crippen LogP contribution in [0, 0.1) is 12.3 Å². The summed E-state index contributed by atoms with van der Waals surface area (Å²) in [5.74, 6) is 0.968. The molecule has 0 aliphatic carbocycles. The maximum Gasteiger partial charge on any atom is 0.226 e. The average Bonchev–Trinajstić information content (AvgIpc) is 2.74. The van der Waals surface area contributed by atoms with E-state index in [-0.39, 0.29) is 5.91 Å². The van der Waals surface area contributed by atoms with Crippen LogP contribution in [0.15, 0.2) is 28.7 Å². The molecule has 0 aliphatic heterocycles. The lowest BCUT2D eigenvalue weighted by molar-refractivity contribution is -0.128. The van der Waals surface area contributed by atoms with Gasteiger partial charge in [0.2, 0.25) is 5.91 Å². The van der Waals surface area contributed by atoms with Crippen LogP contribution in [-0.2, 0) is 11.3 Å². The third-order valence-corrected chi connectivity index (χ3v) is 3.61. The van der Waals surface area contributed by atoms with Gasteiger partial charge >= 0.3 is 0 Å². The molecule has 2 N–H and O–H groups in total. The molecular formula is C16H22N2O2. The predicted molar refractivity (Wildman–Crippen MR) is 80.5 cm³/mol. The summed E-state index contributed by atoms with van der Waals surface area (Å²) in [5, 5.41) is 7.18. The normalized spacial score (nSPS) is 11.8. The zero-order valence-electron chi connectivity index (χ0n) is 12.5. The summed E-state index contributed by atoms with van der Waals surface area (Å²) < 4.78 is 5.73. The Kier molecular flexibility index (Phi) is 4.14. The maximum absolute atomic E-state index is 11.7. The highest BCUT2D eigenvalue weighted by atomic mass is 16.3. The molecule has 20 heavy (non-hydrogen) atoms. The van der Waals surface area contributed by atoms with Crippen molar-refractivity contribution in [3.05, 3.63) is 35.6 Å². The topological polar surface area (TPSA) is 54.3 Å². The highest BCUT2D eigenvalue weighted by Gasteiger charge is 2.26. The number of aryl methyl sites for hydroxylation is 1. The second-order valence-corrected chi connectivity index (χ2v) is 5.70. The monoisotopic (exact) mass is 274 g/mol. The summed E-state index contributed by atoms with van der Waals surface area (Å²) in [6.45, 7) is 7.15. The first-order chi connectivity index (χ1) is 9.45. The minimum atomic E-state index is -0.428. The van der Waals surface area contributed by atoms with E-state index in [1.54, 1.807) is 7.05 Å². The van der Waals surface area contributed by atoms with Crippen LogP contribution < -0.4 is 10.6 Å². The van der Waals surface area contributed by atoms with Crippen molar-refractivity contribution < 1.29 is 9.21 Å². The first kappa shape index (κ1) is 14.6. The van der Waals surface area contributed by atoms with Crippen molar-refractivity contribution in [2.24, 2.45) is 5.41 Å². The van der Waals surface area contributed by atoms with Crippen LogP contribution in [-0.4, -0.2) is 19.5 Å². The van der Waals surface area contributed by atoms with E-state index < -0.39 is 5.41 Å². The Morgan fingerprint density at radius 2 is 2.00 bits per heavy atom. The fourth-order valence-corrected chi connectivity index (χ4v) is 2.36. The van der Waals surface area contributed by atoms with E-state index in [0.29, 0.717) is 13.1 Å². The molecule has 1 heterocycles. The van der Waals surface area contributed by atoms with Gasteiger partial charge in [0.05, 0.1) is 5.41 Å². The zero-order chi connectivity index (χ0) is 14.8. The molecule has 0 saturated heterocycles. The van der Waals surface area contributed by atoms with E-state index in [1.807, 2.05) is 39.0 Å². The first-order valence-electron chi connectivity index (χ1n) is 6.85. The molecule has 0 bridgehead atoms. The van der Waals surface area contributed by atoms with Crippen molar-refractivity contribution in [1.82, 2.24) is 10.6 Å². The number of fused-ring (bicyclic) bond motifs is 1. The number of nitrogens with one attached hydrogen (secondary N) is 2. The fraction of sp³-hybridized carbons (Fsp3) is 0.438. The van der Waals surface area contributed by atoms with Crippen LogP contribution in [0.1, 0.15) is 25.2 Å². The minimum Gasteiger partial charge on any atom is -0.461 e. The number of hydrogen-bond donors (Lipinski definition) is 2. The molecule has 4 nitrogen and oxygen atoms in total. The number of amides is 1. The van der Waals surface area contributed by atoms with Crippen molar-refractivity contribution in [3.8, 4) is 0 Å². The number of benzene rings is 1. The van der Waals surface area contributed by atoms with Gasteiger partial charge in [0.1, 0.15) is 11.3 Å². The second kappa shape index (κ2) is 5.67. The summed E-state index contributed by atoms with van der Waals surface area (Å²) in [7, 11) is 1.66. The van der Waals surface area contributed by atoms with Gasteiger partial charge in [-0.05, 0) is 26.8 Å². The molecule has 0 atom stereocenters. The van der Waals surface area contributed by atoms with E-state index in [1.165, 1.54) is 0 Å². The van der Waals surface area contributed by atoms with Gasteiger partial charge in [-0.1, -0.05) is 18.2 Å². The molecule has 2 aromatic rings. The number of hydrogen-bond acceptors (Lipinski definition) is 3. The van der Waals surface area contributed by atoms with Gasteiger partial charge in [-0.3, -0.25) is 4.79 Å². The quantitative estimate of drug-likeness (QED) is 0.881. The van der Waals surface area contributed by atoms with Gasteiger partial charge < -0.3 is 15.1 Å².